The first-order valence-corrected chi connectivity index (χ1v) is 7.60. The molecule has 0 unspecified atom stereocenters. The SMILES string of the molecule is O=C1NN(c2cccc(Cl)c2)C(=O)/C1=C\c1ccc(Br)cc1. The van der Waals surface area contributed by atoms with Crippen LogP contribution in [0.1, 0.15) is 5.56 Å². The van der Waals surface area contributed by atoms with Gasteiger partial charge in [-0.1, -0.05) is 45.7 Å². The van der Waals surface area contributed by atoms with Crippen molar-refractivity contribution >= 4 is 51.1 Å². The van der Waals surface area contributed by atoms with E-state index in [9.17, 15) is 9.59 Å². The average Bonchev–Trinajstić information content (AvgIpc) is 2.77. The number of hydrogen-bond acceptors (Lipinski definition) is 2. The van der Waals surface area contributed by atoms with E-state index in [-0.39, 0.29) is 5.57 Å². The largest absolute Gasteiger partial charge is 0.282 e. The summed E-state index contributed by atoms with van der Waals surface area (Å²) in [6.45, 7) is 0. The lowest BCUT2D eigenvalue weighted by molar-refractivity contribution is -0.117. The molecule has 1 fully saturated rings. The highest BCUT2D eigenvalue weighted by Crippen LogP contribution is 2.24. The van der Waals surface area contributed by atoms with Crippen molar-refractivity contribution in [3.63, 3.8) is 0 Å². The lowest BCUT2D eigenvalue weighted by Gasteiger charge is -2.14. The van der Waals surface area contributed by atoms with Gasteiger partial charge >= 0.3 is 0 Å². The molecule has 1 N–H and O–H groups in total. The highest BCUT2D eigenvalue weighted by Gasteiger charge is 2.34. The van der Waals surface area contributed by atoms with Gasteiger partial charge in [-0.3, -0.25) is 15.0 Å². The Bertz CT molecular complexity index is 787. The molecule has 22 heavy (non-hydrogen) atoms. The highest BCUT2D eigenvalue weighted by atomic mass is 79.9. The maximum atomic E-state index is 12.4. The molecule has 0 saturated carbocycles. The molecule has 1 heterocycles. The minimum atomic E-state index is -0.437. The Kier molecular flexibility index (Phi) is 4.00. The number of benzene rings is 2. The molecule has 0 spiro atoms. The smallest absolute Gasteiger partial charge is 0.267 e. The summed E-state index contributed by atoms with van der Waals surface area (Å²) >= 11 is 9.26. The second kappa shape index (κ2) is 5.94. The van der Waals surface area contributed by atoms with Gasteiger partial charge in [0.05, 0.1) is 5.69 Å². The normalized spacial score (nSPS) is 16.3. The van der Waals surface area contributed by atoms with Gasteiger partial charge in [0, 0.05) is 9.50 Å². The number of carbonyl (C=O) groups is 2. The van der Waals surface area contributed by atoms with E-state index < -0.39 is 11.8 Å². The third-order valence-electron chi connectivity index (χ3n) is 3.14. The number of nitrogens with one attached hydrogen (secondary N) is 1. The van der Waals surface area contributed by atoms with Crippen molar-refractivity contribution in [3.8, 4) is 0 Å². The Morgan fingerprint density at radius 1 is 1.09 bits per heavy atom. The molecule has 2 aromatic carbocycles. The predicted octanol–water partition coefficient (Wildman–Crippen LogP) is 3.56. The minimum absolute atomic E-state index is 0.0855. The zero-order valence-electron chi connectivity index (χ0n) is 11.2. The summed E-state index contributed by atoms with van der Waals surface area (Å²) in [5.41, 5.74) is 3.91. The molecule has 3 rings (SSSR count). The molecule has 1 saturated heterocycles. The fourth-order valence-corrected chi connectivity index (χ4v) is 2.53. The molecule has 1 aliphatic heterocycles. The van der Waals surface area contributed by atoms with Gasteiger partial charge < -0.3 is 0 Å². The Balaban J connectivity index is 1.93. The monoisotopic (exact) mass is 376 g/mol. The fraction of sp³-hybridized carbons (Fsp3) is 0. The molecule has 0 bridgehead atoms. The third kappa shape index (κ3) is 2.91. The number of hydrazine groups is 1. The molecule has 0 radical (unpaired) electrons. The molecule has 6 heteroatoms. The standard InChI is InChI=1S/C16H10BrClN2O2/c17-11-6-4-10(5-7-11)8-14-15(21)19-20(16(14)22)13-3-1-2-12(18)9-13/h1-9H,(H,19,21)/b14-8-. The van der Waals surface area contributed by atoms with E-state index in [0.717, 1.165) is 10.0 Å². The molecular formula is C16H10BrClN2O2. The van der Waals surface area contributed by atoms with Crippen LogP contribution in [0.4, 0.5) is 5.69 Å². The number of halogens is 2. The van der Waals surface area contributed by atoms with Crippen LogP contribution < -0.4 is 10.4 Å². The van der Waals surface area contributed by atoms with Crippen LogP contribution in [0, 0.1) is 0 Å². The Morgan fingerprint density at radius 2 is 1.82 bits per heavy atom. The first-order chi connectivity index (χ1) is 10.5. The van der Waals surface area contributed by atoms with Crippen LogP contribution >= 0.6 is 27.5 Å². The molecule has 2 amide bonds. The van der Waals surface area contributed by atoms with Crippen molar-refractivity contribution < 1.29 is 9.59 Å². The van der Waals surface area contributed by atoms with Crippen molar-refractivity contribution in [2.45, 2.75) is 0 Å². The number of rotatable bonds is 2. The van der Waals surface area contributed by atoms with Crippen LogP contribution in [0.3, 0.4) is 0 Å². The number of amides is 2. The first kappa shape index (κ1) is 14.8. The number of nitrogens with zero attached hydrogens (tertiary/aromatic N) is 1. The number of hydrogen-bond donors (Lipinski definition) is 1. The summed E-state index contributed by atoms with van der Waals surface area (Å²) in [4.78, 5) is 24.5. The van der Waals surface area contributed by atoms with Crippen LogP contribution in [0.2, 0.25) is 5.02 Å². The van der Waals surface area contributed by atoms with Crippen LogP contribution in [0.5, 0.6) is 0 Å². The fourth-order valence-electron chi connectivity index (χ4n) is 2.08. The first-order valence-electron chi connectivity index (χ1n) is 6.43. The van der Waals surface area contributed by atoms with E-state index in [1.54, 1.807) is 30.3 Å². The summed E-state index contributed by atoms with van der Waals surface area (Å²) in [7, 11) is 0. The van der Waals surface area contributed by atoms with Gasteiger partial charge in [0.2, 0.25) is 0 Å². The van der Waals surface area contributed by atoms with Crippen molar-refractivity contribution in [2.24, 2.45) is 0 Å². The van der Waals surface area contributed by atoms with Gasteiger partial charge in [-0.05, 0) is 42.0 Å². The lowest BCUT2D eigenvalue weighted by atomic mass is 10.1. The molecule has 0 atom stereocenters. The lowest BCUT2D eigenvalue weighted by Crippen LogP contribution is -2.35. The van der Waals surface area contributed by atoms with Crippen LogP contribution in [-0.4, -0.2) is 11.8 Å². The summed E-state index contributed by atoms with van der Waals surface area (Å²) in [5.74, 6) is -0.844. The molecule has 1 aliphatic rings. The van der Waals surface area contributed by atoms with E-state index in [4.69, 9.17) is 11.6 Å². The number of anilines is 1. The van der Waals surface area contributed by atoms with Crippen LogP contribution in [0.25, 0.3) is 6.08 Å². The maximum Gasteiger partial charge on any atom is 0.282 e. The van der Waals surface area contributed by atoms with Gasteiger partial charge in [0.25, 0.3) is 11.8 Å². The highest BCUT2D eigenvalue weighted by molar-refractivity contribution is 9.10. The van der Waals surface area contributed by atoms with Crippen LogP contribution in [-0.2, 0) is 9.59 Å². The van der Waals surface area contributed by atoms with Crippen molar-refractivity contribution in [1.29, 1.82) is 0 Å². The predicted molar refractivity (Wildman–Crippen MR) is 89.2 cm³/mol. The molecular weight excluding hydrogens is 368 g/mol. The summed E-state index contributed by atoms with van der Waals surface area (Å²) in [6.07, 6.45) is 1.56. The van der Waals surface area contributed by atoms with Crippen molar-refractivity contribution in [3.05, 3.63) is 69.2 Å². The second-order valence-corrected chi connectivity index (χ2v) is 6.02. The maximum absolute atomic E-state index is 12.4. The Morgan fingerprint density at radius 3 is 2.50 bits per heavy atom. The van der Waals surface area contributed by atoms with E-state index >= 15 is 0 Å². The zero-order chi connectivity index (χ0) is 15.7. The van der Waals surface area contributed by atoms with Gasteiger partial charge in [0.1, 0.15) is 5.57 Å². The van der Waals surface area contributed by atoms with Crippen molar-refractivity contribution in [2.75, 3.05) is 5.01 Å². The molecule has 2 aromatic rings. The van der Waals surface area contributed by atoms with Crippen molar-refractivity contribution in [1.82, 2.24) is 5.43 Å². The average molecular weight is 378 g/mol. The van der Waals surface area contributed by atoms with Crippen LogP contribution in [0.15, 0.2) is 58.6 Å². The summed E-state index contributed by atoms with van der Waals surface area (Å²) < 4.78 is 0.928. The van der Waals surface area contributed by atoms with Gasteiger partial charge in [-0.2, -0.15) is 0 Å². The second-order valence-electron chi connectivity index (χ2n) is 4.67. The molecule has 0 aromatic heterocycles. The summed E-state index contributed by atoms with van der Waals surface area (Å²) in [5, 5.41) is 1.68. The molecule has 110 valence electrons. The van der Waals surface area contributed by atoms with E-state index in [0.29, 0.717) is 10.7 Å². The summed E-state index contributed by atoms with van der Waals surface area (Å²) in [6, 6.07) is 14.1. The van der Waals surface area contributed by atoms with Gasteiger partial charge in [-0.15, -0.1) is 0 Å². The van der Waals surface area contributed by atoms with E-state index in [1.807, 2.05) is 24.3 Å². The van der Waals surface area contributed by atoms with Gasteiger partial charge in [-0.25, -0.2) is 5.01 Å². The van der Waals surface area contributed by atoms with E-state index in [1.165, 1.54) is 5.01 Å². The zero-order valence-corrected chi connectivity index (χ0v) is 13.6. The molecule has 4 nitrogen and oxygen atoms in total. The minimum Gasteiger partial charge on any atom is -0.267 e. The Labute approximate surface area is 140 Å². The molecule has 0 aliphatic carbocycles. The Hall–Kier alpha value is -2.11. The third-order valence-corrected chi connectivity index (χ3v) is 3.90. The quantitative estimate of drug-likeness (QED) is 0.642. The number of carbonyl (C=O) groups excluding carboxylic acids is 2. The topological polar surface area (TPSA) is 49.4 Å². The van der Waals surface area contributed by atoms with E-state index in [2.05, 4.69) is 21.4 Å². The van der Waals surface area contributed by atoms with Gasteiger partial charge in [0.15, 0.2) is 0 Å².